The van der Waals surface area contributed by atoms with Crippen molar-refractivity contribution in [2.75, 3.05) is 33.5 Å². The fourth-order valence-electron chi connectivity index (χ4n) is 5.73. The molecule has 4 aromatic rings. The summed E-state index contributed by atoms with van der Waals surface area (Å²) in [6.07, 6.45) is 7.86. The molecule has 0 bridgehead atoms. The highest BCUT2D eigenvalue weighted by Crippen LogP contribution is 2.34. The summed E-state index contributed by atoms with van der Waals surface area (Å²) in [7, 11) is 1.71. The quantitative estimate of drug-likeness (QED) is 0.100. The Hall–Kier alpha value is -3.82. The minimum absolute atomic E-state index is 0.0820. The molecule has 0 aliphatic heterocycles. The number of nitrogens with zero attached hydrogens (tertiary/aromatic N) is 2. The molecule has 1 amide bonds. The molecule has 1 atom stereocenters. The van der Waals surface area contributed by atoms with Crippen molar-refractivity contribution >= 4 is 29.1 Å². The maximum Gasteiger partial charge on any atom is 0.227 e. The van der Waals surface area contributed by atoms with E-state index in [0.29, 0.717) is 60.9 Å². The second-order valence-corrected chi connectivity index (χ2v) is 13.3. The topological polar surface area (TPSA) is 96.1 Å². The van der Waals surface area contributed by atoms with Gasteiger partial charge in [0.25, 0.3) is 0 Å². The van der Waals surface area contributed by atoms with Gasteiger partial charge in [-0.1, -0.05) is 47.5 Å². The van der Waals surface area contributed by atoms with Crippen LogP contribution >= 0.6 is 23.2 Å². The van der Waals surface area contributed by atoms with Gasteiger partial charge < -0.3 is 29.6 Å². The summed E-state index contributed by atoms with van der Waals surface area (Å²) < 4.78 is 23.1. The molecule has 1 heterocycles. The van der Waals surface area contributed by atoms with Gasteiger partial charge in [-0.05, 0) is 104 Å². The van der Waals surface area contributed by atoms with Crippen LogP contribution in [0.5, 0.6) is 17.2 Å². The Balaban J connectivity index is 1.19. The fourth-order valence-corrected chi connectivity index (χ4v) is 6.43. The van der Waals surface area contributed by atoms with E-state index in [1.54, 1.807) is 19.5 Å². The number of halogens is 2. The summed E-state index contributed by atoms with van der Waals surface area (Å²) in [6.45, 7) is 4.41. The van der Waals surface area contributed by atoms with Crippen LogP contribution in [0.25, 0.3) is 0 Å². The van der Waals surface area contributed by atoms with E-state index in [9.17, 15) is 4.79 Å². The lowest BCUT2D eigenvalue weighted by atomic mass is 9.97. The van der Waals surface area contributed by atoms with E-state index in [4.69, 9.17) is 47.9 Å². The lowest BCUT2D eigenvalue weighted by Gasteiger charge is -2.27. The summed E-state index contributed by atoms with van der Waals surface area (Å²) in [5.41, 5.74) is 11.4. The second kappa shape index (κ2) is 18.3. The van der Waals surface area contributed by atoms with Crippen LogP contribution in [0.4, 0.5) is 0 Å². The average Bonchev–Trinajstić information content (AvgIpc) is 3.94. The van der Waals surface area contributed by atoms with E-state index in [1.165, 1.54) is 0 Å². The Morgan fingerprint density at radius 3 is 2.31 bits per heavy atom. The zero-order chi connectivity index (χ0) is 34.6. The van der Waals surface area contributed by atoms with Crippen LogP contribution in [-0.2, 0) is 35.5 Å². The predicted molar refractivity (Wildman–Crippen MR) is 194 cm³/mol. The molecule has 2 N–H and O–H groups in total. The highest BCUT2D eigenvalue weighted by atomic mass is 35.5. The van der Waals surface area contributed by atoms with Crippen molar-refractivity contribution in [1.29, 1.82) is 0 Å². The minimum Gasteiger partial charge on any atom is -0.490 e. The summed E-state index contributed by atoms with van der Waals surface area (Å²) in [5, 5.41) is 0.946. The number of hydrogen-bond acceptors (Lipinski definition) is 7. The molecular weight excluding hydrogens is 661 g/mol. The molecule has 1 aliphatic carbocycles. The molecular formula is C39H45Cl2N3O5. The zero-order valence-electron chi connectivity index (χ0n) is 28.2. The number of aromatic nitrogens is 1. The van der Waals surface area contributed by atoms with Gasteiger partial charge in [0.05, 0.1) is 16.0 Å². The molecule has 49 heavy (non-hydrogen) atoms. The van der Waals surface area contributed by atoms with Gasteiger partial charge in [-0.3, -0.25) is 9.78 Å². The van der Waals surface area contributed by atoms with E-state index in [1.807, 2.05) is 66.4 Å². The number of benzene rings is 3. The van der Waals surface area contributed by atoms with Crippen LogP contribution in [0, 0.1) is 12.8 Å². The zero-order valence-corrected chi connectivity index (χ0v) is 29.7. The molecule has 1 aliphatic rings. The van der Waals surface area contributed by atoms with E-state index in [-0.39, 0.29) is 24.4 Å². The monoisotopic (exact) mass is 705 g/mol. The van der Waals surface area contributed by atoms with Crippen molar-refractivity contribution in [3.63, 3.8) is 0 Å². The number of hydrogen-bond donors (Lipinski definition) is 1. The van der Waals surface area contributed by atoms with Crippen molar-refractivity contribution in [2.45, 2.75) is 58.2 Å². The Morgan fingerprint density at radius 2 is 1.63 bits per heavy atom. The number of nitrogens with two attached hydrogens (primary N) is 1. The first-order valence-electron chi connectivity index (χ1n) is 16.8. The van der Waals surface area contributed by atoms with Crippen LogP contribution in [-0.4, -0.2) is 55.3 Å². The molecule has 1 fully saturated rings. The number of aryl methyl sites for hydroxylation is 2. The molecule has 10 heteroatoms. The molecule has 1 aromatic heterocycles. The molecule has 1 unspecified atom stereocenters. The first-order chi connectivity index (χ1) is 23.8. The first-order valence-corrected chi connectivity index (χ1v) is 17.5. The number of carbonyl (C=O) groups excluding carboxylic acids is 1. The molecule has 8 nitrogen and oxygen atoms in total. The second-order valence-electron chi connectivity index (χ2n) is 12.5. The molecule has 5 rings (SSSR count). The summed E-state index contributed by atoms with van der Waals surface area (Å²) in [6, 6.07) is 21.8. The Kier molecular flexibility index (Phi) is 13.6. The summed E-state index contributed by atoms with van der Waals surface area (Å²) in [4.78, 5) is 20.2. The van der Waals surface area contributed by atoms with Gasteiger partial charge in [-0.2, -0.15) is 0 Å². The van der Waals surface area contributed by atoms with Gasteiger partial charge in [0.1, 0.15) is 31.3 Å². The molecule has 1 saturated carbocycles. The number of methoxy groups -OCH3 is 1. The lowest BCUT2D eigenvalue weighted by molar-refractivity contribution is -0.136. The van der Waals surface area contributed by atoms with Gasteiger partial charge >= 0.3 is 0 Å². The van der Waals surface area contributed by atoms with Crippen molar-refractivity contribution in [2.24, 2.45) is 11.7 Å². The first kappa shape index (κ1) is 36.5. The van der Waals surface area contributed by atoms with Gasteiger partial charge in [0.2, 0.25) is 5.91 Å². The van der Waals surface area contributed by atoms with E-state index < -0.39 is 0 Å². The Morgan fingerprint density at radius 1 is 0.898 bits per heavy atom. The van der Waals surface area contributed by atoms with E-state index in [0.717, 1.165) is 59.3 Å². The third-order valence-electron chi connectivity index (χ3n) is 8.37. The molecule has 0 saturated heterocycles. The van der Waals surface area contributed by atoms with E-state index in [2.05, 4.69) is 17.1 Å². The maximum absolute atomic E-state index is 14.0. The maximum atomic E-state index is 14.0. The third kappa shape index (κ3) is 11.1. The number of rotatable bonds is 19. The van der Waals surface area contributed by atoms with Crippen molar-refractivity contribution in [3.05, 3.63) is 117 Å². The normalized spacial score (nSPS) is 13.2. The highest BCUT2D eigenvalue weighted by Gasteiger charge is 2.35. The number of carbonyl (C=O) groups is 1. The smallest absolute Gasteiger partial charge is 0.227 e. The van der Waals surface area contributed by atoms with Crippen LogP contribution in [0.1, 0.15) is 47.1 Å². The highest BCUT2D eigenvalue weighted by molar-refractivity contribution is 6.37. The standard InChI is InChI=1S/C39H45Cl2N3O5/c1-27-17-36(40)38(37(41)18-27)48-16-15-47-34-11-7-28(8-12-34)20-32(23-42)39(45)44(33-9-10-33)25-31-19-29(6-4-14-46-2)21-35(22-31)49-26-30-5-3-13-43-24-30/h3,5,7-8,11-13,17-19,21-22,24,32-33H,4,6,9-10,14-16,20,23,25-26,42H2,1-2H3. The number of ether oxygens (including phenoxy) is 4. The SMILES string of the molecule is COCCCc1cc(CN(C(=O)C(CN)Cc2ccc(OCCOc3c(Cl)cc(C)cc3Cl)cc2)C2CC2)cc(OCc2cccnc2)c1. The van der Waals surface area contributed by atoms with Gasteiger partial charge in [0.15, 0.2) is 5.75 Å². The number of pyridine rings is 1. The predicted octanol–water partition coefficient (Wildman–Crippen LogP) is 7.62. The third-order valence-corrected chi connectivity index (χ3v) is 8.93. The molecule has 0 radical (unpaired) electrons. The molecule has 260 valence electrons. The van der Waals surface area contributed by atoms with Crippen LogP contribution in [0.3, 0.4) is 0 Å². The Labute approximate surface area is 299 Å². The van der Waals surface area contributed by atoms with Gasteiger partial charge in [-0.15, -0.1) is 0 Å². The minimum atomic E-state index is -0.337. The van der Waals surface area contributed by atoms with Crippen molar-refractivity contribution in [1.82, 2.24) is 9.88 Å². The van der Waals surface area contributed by atoms with Crippen LogP contribution < -0.4 is 19.9 Å². The fraction of sp³-hybridized carbons (Fsp3) is 0.385. The van der Waals surface area contributed by atoms with Gasteiger partial charge in [0, 0.05) is 50.8 Å². The van der Waals surface area contributed by atoms with Crippen LogP contribution in [0.15, 0.2) is 79.1 Å². The summed E-state index contributed by atoms with van der Waals surface area (Å²) in [5.74, 6) is 1.68. The Bertz CT molecular complexity index is 1630. The van der Waals surface area contributed by atoms with E-state index >= 15 is 0 Å². The molecule has 0 spiro atoms. The van der Waals surface area contributed by atoms with Crippen LogP contribution in [0.2, 0.25) is 10.0 Å². The largest absolute Gasteiger partial charge is 0.490 e. The molecule has 3 aromatic carbocycles. The lowest BCUT2D eigenvalue weighted by Crippen LogP contribution is -2.41. The average molecular weight is 707 g/mol. The summed E-state index contributed by atoms with van der Waals surface area (Å²) >= 11 is 12.5. The number of amides is 1. The van der Waals surface area contributed by atoms with Gasteiger partial charge in [-0.25, -0.2) is 0 Å². The van der Waals surface area contributed by atoms with Crippen molar-refractivity contribution < 1.29 is 23.7 Å². The van der Waals surface area contributed by atoms with Crippen molar-refractivity contribution in [3.8, 4) is 17.2 Å².